The topological polar surface area (TPSA) is 17.1 Å². The fourth-order valence-corrected chi connectivity index (χ4v) is 7.49. The Bertz CT molecular complexity index is 575. The molecule has 114 valence electrons. The number of benzene rings is 2. The van der Waals surface area contributed by atoms with Gasteiger partial charge in [-0.15, -0.1) is 0 Å². The summed E-state index contributed by atoms with van der Waals surface area (Å²) in [6.07, 6.45) is 5.88. The molecule has 0 unspecified atom stereocenters. The summed E-state index contributed by atoms with van der Waals surface area (Å²) in [6.45, 7) is 2.24. The van der Waals surface area contributed by atoms with Gasteiger partial charge >= 0.3 is 0 Å². The van der Waals surface area contributed by atoms with Gasteiger partial charge in [-0.3, -0.25) is 0 Å². The number of hydrogen-bond acceptors (Lipinski definition) is 1. The Morgan fingerprint density at radius 2 is 1.27 bits per heavy atom. The van der Waals surface area contributed by atoms with Crippen LogP contribution in [0.5, 0.6) is 0 Å². The van der Waals surface area contributed by atoms with Gasteiger partial charge in [-0.05, 0) is 23.2 Å². The summed E-state index contributed by atoms with van der Waals surface area (Å²) in [4.78, 5) is 13.5. The molecule has 0 atom stereocenters. The molecule has 1 aliphatic carbocycles. The molecule has 1 saturated carbocycles. The van der Waals surface area contributed by atoms with Crippen LogP contribution in [-0.2, 0) is 4.79 Å². The Morgan fingerprint density at radius 3 is 1.73 bits per heavy atom. The maximum atomic E-state index is 13.5. The SMILES string of the molecule is C[Si](C(=O)C1CCCCC1)(c1ccccc1)c1ccccc1. The highest BCUT2D eigenvalue weighted by Crippen LogP contribution is 2.27. The molecule has 0 bridgehead atoms. The molecule has 0 heterocycles. The number of rotatable bonds is 4. The normalized spacial score (nSPS) is 16.4. The molecule has 2 heteroatoms. The highest BCUT2D eigenvalue weighted by Gasteiger charge is 2.43. The predicted octanol–water partition coefficient (Wildman–Crippen LogP) is 3.57. The second-order valence-electron chi connectivity index (χ2n) is 6.56. The van der Waals surface area contributed by atoms with E-state index in [1.54, 1.807) is 0 Å². The largest absolute Gasteiger partial charge is 0.304 e. The van der Waals surface area contributed by atoms with Gasteiger partial charge in [0.1, 0.15) is 5.41 Å². The summed E-state index contributed by atoms with van der Waals surface area (Å²) < 4.78 is 0. The standard InChI is InChI=1S/C20H24OSi/c1-22(18-13-7-3-8-14-18,19-15-9-4-10-16-19)20(21)17-11-5-2-6-12-17/h3-4,7-10,13-17H,2,5-6,11-12H2,1H3. The monoisotopic (exact) mass is 308 g/mol. The zero-order valence-corrected chi connectivity index (χ0v) is 14.3. The third kappa shape index (κ3) is 2.80. The molecule has 1 aliphatic rings. The van der Waals surface area contributed by atoms with Gasteiger partial charge in [0.15, 0.2) is 8.07 Å². The summed E-state index contributed by atoms with van der Waals surface area (Å²) in [5, 5.41) is 3.03. The van der Waals surface area contributed by atoms with E-state index in [4.69, 9.17) is 0 Å². The first-order valence-electron chi connectivity index (χ1n) is 8.38. The first-order valence-corrected chi connectivity index (χ1v) is 10.9. The smallest absolute Gasteiger partial charge is 0.190 e. The minimum Gasteiger partial charge on any atom is -0.304 e. The highest BCUT2D eigenvalue weighted by atomic mass is 28.3. The Labute approximate surface area is 134 Å². The maximum Gasteiger partial charge on any atom is 0.190 e. The molecule has 0 N–H and O–H groups in total. The highest BCUT2D eigenvalue weighted by molar-refractivity contribution is 7.22. The molecule has 2 aromatic carbocycles. The molecule has 22 heavy (non-hydrogen) atoms. The van der Waals surface area contributed by atoms with Gasteiger partial charge in [0.25, 0.3) is 0 Å². The summed E-state index contributed by atoms with van der Waals surface area (Å²) >= 11 is 0. The van der Waals surface area contributed by atoms with Crippen LogP contribution in [0, 0.1) is 5.92 Å². The molecule has 0 saturated heterocycles. The van der Waals surface area contributed by atoms with Crippen LogP contribution in [0.25, 0.3) is 0 Å². The molecule has 0 spiro atoms. The van der Waals surface area contributed by atoms with Crippen LogP contribution < -0.4 is 10.4 Å². The van der Waals surface area contributed by atoms with Crippen molar-refractivity contribution in [2.75, 3.05) is 0 Å². The molecular weight excluding hydrogens is 284 g/mol. The van der Waals surface area contributed by atoms with E-state index >= 15 is 0 Å². The Balaban J connectivity index is 2.05. The molecule has 0 amide bonds. The van der Waals surface area contributed by atoms with E-state index in [0.717, 1.165) is 12.8 Å². The Kier molecular flexibility index (Phi) is 4.58. The molecule has 3 rings (SSSR count). The second kappa shape index (κ2) is 6.61. The molecule has 0 aromatic heterocycles. The average Bonchev–Trinajstić information content (AvgIpc) is 2.62. The molecule has 1 nitrogen and oxygen atoms in total. The fraction of sp³-hybridized carbons (Fsp3) is 0.350. The molecule has 0 aliphatic heterocycles. The number of carbonyl (C=O) groups is 1. The Hall–Kier alpha value is -1.67. The van der Waals surface area contributed by atoms with Crippen molar-refractivity contribution in [3.05, 3.63) is 60.7 Å². The van der Waals surface area contributed by atoms with Crippen molar-refractivity contribution in [1.82, 2.24) is 0 Å². The van der Waals surface area contributed by atoms with Crippen LogP contribution in [0.3, 0.4) is 0 Å². The first-order chi connectivity index (χ1) is 10.7. The average molecular weight is 308 g/mol. The predicted molar refractivity (Wildman–Crippen MR) is 95.4 cm³/mol. The maximum absolute atomic E-state index is 13.5. The van der Waals surface area contributed by atoms with Crippen molar-refractivity contribution < 1.29 is 4.79 Å². The van der Waals surface area contributed by atoms with E-state index in [9.17, 15) is 4.79 Å². The van der Waals surface area contributed by atoms with Crippen LogP contribution >= 0.6 is 0 Å². The molecular formula is C20H24OSi. The van der Waals surface area contributed by atoms with Gasteiger partial charge in [-0.25, -0.2) is 0 Å². The summed E-state index contributed by atoms with van der Waals surface area (Å²) in [7, 11) is -2.33. The van der Waals surface area contributed by atoms with E-state index in [0.29, 0.717) is 5.41 Å². The second-order valence-corrected chi connectivity index (χ2v) is 10.5. The van der Waals surface area contributed by atoms with Gasteiger partial charge in [0, 0.05) is 5.92 Å². The molecule has 2 aromatic rings. The third-order valence-corrected chi connectivity index (χ3v) is 9.54. The number of hydrogen-bond donors (Lipinski definition) is 0. The summed E-state index contributed by atoms with van der Waals surface area (Å²) in [5.41, 5.74) is 0. The van der Waals surface area contributed by atoms with Gasteiger partial charge in [-0.2, -0.15) is 0 Å². The van der Waals surface area contributed by atoms with Crippen molar-refractivity contribution in [2.24, 2.45) is 5.92 Å². The van der Waals surface area contributed by atoms with Crippen molar-refractivity contribution in [1.29, 1.82) is 0 Å². The zero-order valence-electron chi connectivity index (χ0n) is 13.3. The quantitative estimate of drug-likeness (QED) is 0.789. The summed E-state index contributed by atoms with van der Waals surface area (Å²) in [6, 6.07) is 21.0. The lowest BCUT2D eigenvalue weighted by Gasteiger charge is -2.32. The minimum absolute atomic E-state index is 0.269. The van der Waals surface area contributed by atoms with Gasteiger partial charge in [-0.1, -0.05) is 86.5 Å². The lowest BCUT2D eigenvalue weighted by atomic mass is 9.90. The van der Waals surface area contributed by atoms with Crippen molar-refractivity contribution in [3.8, 4) is 0 Å². The first kappa shape index (κ1) is 15.2. The van der Waals surface area contributed by atoms with E-state index in [1.165, 1.54) is 29.6 Å². The van der Waals surface area contributed by atoms with Crippen LogP contribution in [-0.4, -0.2) is 13.5 Å². The van der Waals surface area contributed by atoms with E-state index in [-0.39, 0.29) is 5.92 Å². The van der Waals surface area contributed by atoms with E-state index in [2.05, 4.69) is 55.1 Å². The van der Waals surface area contributed by atoms with Crippen molar-refractivity contribution in [2.45, 2.75) is 38.7 Å². The molecule has 0 radical (unpaired) electrons. The van der Waals surface area contributed by atoms with E-state index in [1.807, 2.05) is 12.1 Å². The van der Waals surface area contributed by atoms with Crippen LogP contribution in [0.2, 0.25) is 6.55 Å². The zero-order chi connectivity index (χ0) is 15.4. The van der Waals surface area contributed by atoms with Crippen LogP contribution in [0.15, 0.2) is 60.7 Å². The van der Waals surface area contributed by atoms with Gasteiger partial charge in [0.05, 0.1) is 0 Å². The molecule has 1 fully saturated rings. The van der Waals surface area contributed by atoms with Crippen molar-refractivity contribution in [3.63, 3.8) is 0 Å². The lowest BCUT2D eigenvalue weighted by Crippen LogP contribution is -2.64. The third-order valence-electron chi connectivity index (χ3n) is 5.17. The fourth-order valence-electron chi connectivity index (χ4n) is 3.77. The van der Waals surface area contributed by atoms with Crippen LogP contribution in [0.1, 0.15) is 32.1 Å². The van der Waals surface area contributed by atoms with Gasteiger partial charge < -0.3 is 4.79 Å². The Morgan fingerprint density at radius 1 is 0.818 bits per heavy atom. The minimum atomic E-state index is -2.33. The van der Waals surface area contributed by atoms with E-state index < -0.39 is 8.07 Å². The van der Waals surface area contributed by atoms with Crippen molar-refractivity contribution >= 4 is 23.9 Å². The lowest BCUT2D eigenvalue weighted by molar-refractivity contribution is -0.116. The van der Waals surface area contributed by atoms with Gasteiger partial charge in [0.2, 0.25) is 0 Å². The van der Waals surface area contributed by atoms with Crippen LogP contribution in [0.4, 0.5) is 0 Å². The summed E-state index contributed by atoms with van der Waals surface area (Å²) in [5.74, 6) is 0.269. The number of carbonyl (C=O) groups excluding carboxylic acids is 1.